The van der Waals surface area contributed by atoms with Crippen LogP contribution in [-0.4, -0.2) is 37.1 Å². The fourth-order valence-electron chi connectivity index (χ4n) is 1.81. The normalized spacial score (nSPS) is 19.6. The quantitative estimate of drug-likeness (QED) is 0.850. The first kappa shape index (κ1) is 13.9. The van der Waals surface area contributed by atoms with Crippen LogP contribution in [0.15, 0.2) is 22.7 Å². The number of benzene rings is 1. The number of Topliss-reactive ketones (excluding diaryl/α,β-unsaturated/α-hetero) is 1. The third kappa shape index (κ3) is 3.49. The van der Waals surface area contributed by atoms with E-state index in [0.29, 0.717) is 13.0 Å². The van der Waals surface area contributed by atoms with Gasteiger partial charge in [0.25, 0.3) is 0 Å². The third-order valence-corrected chi connectivity index (χ3v) is 4.38. The van der Waals surface area contributed by atoms with Gasteiger partial charge in [0.05, 0.1) is 18.2 Å². The van der Waals surface area contributed by atoms with E-state index in [1.807, 2.05) is 18.2 Å². The maximum atomic E-state index is 12.0. The topological polar surface area (TPSA) is 35.5 Å². The van der Waals surface area contributed by atoms with E-state index in [-0.39, 0.29) is 11.9 Å². The van der Waals surface area contributed by atoms with Crippen molar-refractivity contribution in [3.8, 4) is 5.75 Å². The molecule has 1 unspecified atom stereocenters. The number of carbonyl (C=O) groups excluding carboxylic acids is 1. The van der Waals surface area contributed by atoms with Crippen molar-refractivity contribution in [2.24, 2.45) is 0 Å². The summed E-state index contributed by atoms with van der Waals surface area (Å²) in [6, 6.07) is 5.70. The molecular formula is C13H15BrO3S. The second kappa shape index (κ2) is 6.59. The van der Waals surface area contributed by atoms with E-state index < -0.39 is 0 Å². The molecule has 98 valence electrons. The molecule has 1 aromatic rings. The van der Waals surface area contributed by atoms with Crippen LogP contribution in [0.1, 0.15) is 5.56 Å². The summed E-state index contributed by atoms with van der Waals surface area (Å²) >= 11 is 5.20. The molecule has 0 bridgehead atoms. The second-order valence-corrected chi connectivity index (χ2v) is 6.05. The Morgan fingerprint density at radius 1 is 1.61 bits per heavy atom. The number of hydrogen-bond acceptors (Lipinski definition) is 4. The number of thioether (sulfide) groups is 1. The number of halogens is 1. The van der Waals surface area contributed by atoms with Crippen LogP contribution in [0, 0.1) is 0 Å². The molecule has 0 radical (unpaired) electrons. The molecule has 1 saturated heterocycles. The minimum Gasteiger partial charge on any atom is -0.496 e. The van der Waals surface area contributed by atoms with Crippen molar-refractivity contribution in [2.75, 3.05) is 25.2 Å². The summed E-state index contributed by atoms with van der Waals surface area (Å²) in [5.41, 5.74) is 0.979. The molecule has 1 aliphatic rings. The highest BCUT2D eigenvalue weighted by Crippen LogP contribution is 2.26. The Kier molecular flexibility index (Phi) is 5.09. The smallest absolute Gasteiger partial charge is 0.166 e. The van der Waals surface area contributed by atoms with Crippen molar-refractivity contribution in [1.82, 2.24) is 0 Å². The fourth-order valence-corrected chi connectivity index (χ4v) is 3.27. The number of methoxy groups -OCH3 is 1. The van der Waals surface area contributed by atoms with Gasteiger partial charge in [0.2, 0.25) is 0 Å². The maximum Gasteiger partial charge on any atom is 0.166 e. The summed E-state index contributed by atoms with van der Waals surface area (Å²) in [5, 5.41) is 0. The van der Waals surface area contributed by atoms with Gasteiger partial charge >= 0.3 is 0 Å². The predicted molar refractivity (Wildman–Crippen MR) is 76.5 cm³/mol. The Hall–Kier alpha value is -0.520. The summed E-state index contributed by atoms with van der Waals surface area (Å²) in [6.07, 6.45) is 0.165. The summed E-state index contributed by atoms with van der Waals surface area (Å²) in [6.45, 7) is 0.674. The fraction of sp³-hybridized carbons (Fsp3) is 0.462. The van der Waals surface area contributed by atoms with Gasteiger partial charge in [0.15, 0.2) is 5.78 Å². The zero-order chi connectivity index (χ0) is 13.0. The first-order valence-corrected chi connectivity index (χ1v) is 7.70. The molecule has 0 N–H and O–H groups in total. The molecule has 0 aromatic heterocycles. The number of hydrogen-bond donors (Lipinski definition) is 0. The molecule has 0 amide bonds. The highest BCUT2D eigenvalue weighted by molar-refractivity contribution is 9.10. The molecule has 3 nitrogen and oxygen atoms in total. The lowest BCUT2D eigenvalue weighted by Crippen LogP contribution is -2.32. The molecule has 0 spiro atoms. The zero-order valence-corrected chi connectivity index (χ0v) is 12.6. The lowest BCUT2D eigenvalue weighted by molar-refractivity contribution is -0.128. The standard InChI is InChI=1S/C13H15BrO3S/c1-16-12-3-2-9(6-10(12)14)7-11(15)13-8-18-5-4-17-13/h2-3,6,13H,4-5,7-8H2,1H3. The Bertz CT molecular complexity index is 430. The third-order valence-electron chi connectivity index (χ3n) is 2.77. The van der Waals surface area contributed by atoms with Gasteiger partial charge in [0, 0.05) is 17.9 Å². The maximum absolute atomic E-state index is 12.0. The second-order valence-electron chi connectivity index (χ2n) is 4.05. The number of ether oxygens (including phenoxy) is 2. The largest absolute Gasteiger partial charge is 0.496 e. The molecule has 2 rings (SSSR count). The van der Waals surface area contributed by atoms with Gasteiger partial charge in [0.1, 0.15) is 11.9 Å². The Morgan fingerprint density at radius 3 is 3.06 bits per heavy atom. The zero-order valence-electron chi connectivity index (χ0n) is 10.1. The van der Waals surface area contributed by atoms with Crippen molar-refractivity contribution in [3.05, 3.63) is 28.2 Å². The van der Waals surface area contributed by atoms with E-state index in [4.69, 9.17) is 9.47 Å². The van der Waals surface area contributed by atoms with E-state index >= 15 is 0 Å². The monoisotopic (exact) mass is 330 g/mol. The lowest BCUT2D eigenvalue weighted by Gasteiger charge is -2.21. The van der Waals surface area contributed by atoms with Crippen LogP contribution in [0.2, 0.25) is 0 Å². The molecule has 1 fully saturated rings. The van der Waals surface area contributed by atoms with Gasteiger partial charge in [-0.25, -0.2) is 0 Å². The van der Waals surface area contributed by atoms with E-state index in [0.717, 1.165) is 27.3 Å². The number of rotatable bonds is 4. The van der Waals surface area contributed by atoms with Gasteiger partial charge in [-0.1, -0.05) is 6.07 Å². The van der Waals surface area contributed by atoms with Crippen LogP contribution < -0.4 is 4.74 Å². The van der Waals surface area contributed by atoms with Crippen molar-refractivity contribution in [1.29, 1.82) is 0 Å². The van der Waals surface area contributed by atoms with Crippen LogP contribution in [0.3, 0.4) is 0 Å². The molecule has 1 heterocycles. The summed E-state index contributed by atoms with van der Waals surface area (Å²) < 4.78 is 11.5. The van der Waals surface area contributed by atoms with Gasteiger partial charge < -0.3 is 9.47 Å². The van der Waals surface area contributed by atoms with E-state index in [2.05, 4.69) is 15.9 Å². The van der Waals surface area contributed by atoms with Crippen molar-refractivity contribution < 1.29 is 14.3 Å². The average Bonchev–Trinajstić information content (AvgIpc) is 2.40. The van der Waals surface area contributed by atoms with Crippen LogP contribution in [0.4, 0.5) is 0 Å². The average molecular weight is 331 g/mol. The summed E-state index contributed by atoms with van der Waals surface area (Å²) in [4.78, 5) is 12.0. The van der Waals surface area contributed by atoms with Crippen molar-refractivity contribution in [3.63, 3.8) is 0 Å². The Balaban J connectivity index is 2.00. The highest BCUT2D eigenvalue weighted by atomic mass is 79.9. The molecule has 5 heteroatoms. The molecule has 0 saturated carbocycles. The summed E-state index contributed by atoms with van der Waals surface area (Å²) in [7, 11) is 1.62. The highest BCUT2D eigenvalue weighted by Gasteiger charge is 2.22. The minimum atomic E-state index is -0.246. The van der Waals surface area contributed by atoms with Gasteiger partial charge in [-0.05, 0) is 33.6 Å². The van der Waals surface area contributed by atoms with Crippen LogP contribution in [-0.2, 0) is 16.0 Å². The molecule has 1 aliphatic heterocycles. The minimum absolute atomic E-state index is 0.152. The lowest BCUT2D eigenvalue weighted by atomic mass is 10.1. The Labute approximate surface area is 119 Å². The molecular weight excluding hydrogens is 316 g/mol. The number of carbonyl (C=O) groups is 1. The van der Waals surface area contributed by atoms with Gasteiger partial charge in [-0.3, -0.25) is 4.79 Å². The van der Waals surface area contributed by atoms with E-state index in [1.54, 1.807) is 18.9 Å². The summed E-state index contributed by atoms with van der Waals surface area (Å²) in [5.74, 6) is 2.68. The Morgan fingerprint density at radius 2 is 2.44 bits per heavy atom. The number of ketones is 1. The van der Waals surface area contributed by atoms with Gasteiger partial charge in [-0.2, -0.15) is 11.8 Å². The van der Waals surface area contributed by atoms with E-state index in [1.165, 1.54) is 0 Å². The van der Waals surface area contributed by atoms with Crippen molar-refractivity contribution >= 4 is 33.5 Å². The van der Waals surface area contributed by atoms with Crippen molar-refractivity contribution in [2.45, 2.75) is 12.5 Å². The molecule has 0 aliphatic carbocycles. The van der Waals surface area contributed by atoms with E-state index in [9.17, 15) is 4.79 Å². The first-order chi connectivity index (χ1) is 8.70. The molecule has 18 heavy (non-hydrogen) atoms. The van der Waals surface area contributed by atoms with Crippen LogP contribution in [0.25, 0.3) is 0 Å². The molecule has 1 atom stereocenters. The molecule has 1 aromatic carbocycles. The van der Waals surface area contributed by atoms with Crippen LogP contribution in [0.5, 0.6) is 5.75 Å². The van der Waals surface area contributed by atoms with Crippen LogP contribution >= 0.6 is 27.7 Å². The first-order valence-electron chi connectivity index (χ1n) is 5.75. The predicted octanol–water partition coefficient (Wildman–Crippen LogP) is 2.70. The van der Waals surface area contributed by atoms with Gasteiger partial charge in [-0.15, -0.1) is 0 Å². The SMILES string of the molecule is COc1ccc(CC(=O)C2CSCCO2)cc1Br.